The van der Waals surface area contributed by atoms with Crippen LogP contribution in [0.3, 0.4) is 0 Å². The zero-order valence-electron chi connectivity index (χ0n) is 11.3. The first kappa shape index (κ1) is 15.3. The number of benzene rings is 1. The highest BCUT2D eigenvalue weighted by Crippen LogP contribution is 2.18. The maximum Gasteiger partial charge on any atom is 0.263 e. The highest BCUT2D eigenvalue weighted by molar-refractivity contribution is 7.92. The largest absolute Gasteiger partial charge is 0.284 e. The van der Waals surface area contributed by atoms with Crippen molar-refractivity contribution in [1.82, 2.24) is 9.78 Å². The Morgan fingerprint density at radius 2 is 1.62 bits per heavy atom. The highest BCUT2D eigenvalue weighted by atomic mass is 32.2. The molecular formula is C11H14N4O4S2. The molecule has 2 rings (SSSR count). The predicted octanol–water partition coefficient (Wildman–Crippen LogP) is 0.592. The van der Waals surface area contributed by atoms with Crippen LogP contribution in [0.15, 0.2) is 41.4 Å². The third kappa shape index (κ3) is 3.95. The van der Waals surface area contributed by atoms with E-state index in [4.69, 9.17) is 0 Å². The topological polar surface area (TPSA) is 110 Å². The third-order valence-electron chi connectivity index (χ3n) is 2.53. The van der Waals surface area contributed by atoms with Gasteiger partial charge in [-0.1, -0.05) is 0 Å². The number of aryl methyl sites for hydroxylation is 1. The molecule has 0 atom stereocenters. The van der Waals surface area contributed by atoms with Gasteiger partial charge in [-0.25, -0.2) is 16.8 Å². The van der Waals surface area contributed by atoms with Crippen LogP contribution in [-0.2, 0) is 27.1 Å². The molecule has 2 N–H and O–H groups in total. The lowest BCUT2D eigenvalue weighted by Gasteiger charge is -2.09. The summed E-state index contributed by atoms with van der Waals surface area (Å²) >= 11 is 0. The molecule has 114 valence electrons. The van der Waals surface area contributed by atoms with Gasteiger partial charge in [-0.05, 0) is 24.3 Å². The van der Waals surface area contributed by atoms with Crippen molar-refractivity contribution in [2.24, 2.45) is 7.05 Å². The van der Waals surface area contributed by atoms with Crippen LogP contribution in [0.4, 0.5) is 11.5 Å². The molecule has 10 heteroatoms. The van der Waals surface area contributed by atoms with Gasteiger partial charge in [0.2, 0.25) is 10.0 Å². The van der Waals surface area contributed by atoms with E-state index in [2.05, 4.69) is 14.5 Å². The molecule has 2 aromatic rings. The van der Waals surface area contributed by atoms with Gasteiger partial charge in [0.25, 0.3) is 10.0 Å². The number of rotatable bonds is 5. The first-order valence-electron chi connectivity index (χ1n) is 5.76. The van der Waals surface area contributed by atoms with Gasteiger partial charge in [-0.2, -0.15) is 5.10 Å². The lowest BCUT2D eigenvalue weighted by Crippen LogP contribution is -2.15. The Morgan fingerprint density at radius 3 is 2.10 bits per heavy atom. The maximum atomic E-state index is 12.2. The van der Waals surface area contributed by atoms with Crippen LogP contribution >= 0.6 is 0 Å². The van der Waals surface area contributed by atoms with Gasteiger partial charge in [0.15, 0.2) is 0 Å². The van der Waals surface area contributed by atoms with Crippen LogP contribution in [0.25, 0.3) is 0 Å². The summed E-state index contributed by atoms with van der Waals surface area (Å²) in [5.41, 5.74) is 0.289. The van der Waals surface area contributed by atoms with E-state index in [0.29, 0.717) is 5.82 Å². The minimum absolute atomic E-state index is 0.0164. The Kier molecular flexibility index (Phi) is 3.92. The Bertz CT molecular complexity index is 839. The molecule has 0 radical (unpaired) electrons. The van der Waals surface area contributed by atoms with Crippen LogP contribution in [0, 0.1) is 0 Å². The average molecular weight is 330 g/mol. The predicted molar refractivity (Wildman–Crippen MR) is 78.9 cm³/mol. The summed E-state index contributed by atoms with van der Waals surface area (Å²) < 4.78 is 52.5. The van der Waals surface area contributed by atoms with Crippen molar-refractivity contribution in [1.29, 1.82) is 0 Å². The van der Waals surface area contributed by atoms with Gasteiger partial charge in [0.1, 0.15) is 5.82 Å². The van der Waals surface area contributed by atoms with Gasteiger partial charge in [0.05, 0.1) is 17.3 Å². The molecule has 0 aliphatic carbocycles. The quantitative estimate of drug-likeness (QED) is 0.834. The summed E-state index contributed by atoms with van der Waals surface area (Å²) in [6.45, 7) is 0. The van der Waals surface area contributed by atoms with E-state index in [1.54, 1.807) is 7.05 Å². The Hall–Kier alpha value is -2.07. The molecular weight excluding hydrogens is 316 g/mol. The van der Waals surface area contributed by atoms with Crippen LogP contribution in [0.1, 0.15) is 0 Å². The molecule has 21 heavy (non-hydrogen) atoms. The molecule has 0 bridgehead atoms. The number of hydrogen-bond acceptors (Lipinski definition) is 5. The third-order valence-corrected chi connectivity index (χ3v) is 4.50. The van der Waals surface area contributed by atoms with Crippen LogP contribution < -0.4 is 9.44 Å². The standard InChI is InChI=1S/C11H14N4O4S2/c1-15-11(7-8-12-15)14-21(18,19)10-5-3-9(4-6-10)13-20(2,16)17/h3-8,13-14H,1-2H3. The Balaban J connectivity index is 2.23. The van der Waals surface area contributed by atoms with Crippen LogP contribution in [0.2, 0.25) is 0 Å². The monoisotopic (exact) mass is 330 g/mol. The summed E-state index contributed by atoms with van der Waals surface area (Å²) in [5.74, 6) is 0.327. The van der Waals surface area contributed by atoms with Gasteiger partial charge < -0.3 is 0 Å². The van der Waals surface area contributed by atoms with Crippen LogP contribution in [0.5, 0.6) is 0 Å². The molecule has 8 nitrogen and oxygen atoms in total. The van der Waals surface area contributed by atoms with E-state index in [1.807, 2.05) is 0 Å². The molecule has 1 aromatic carbocycles. The second-order valence-corrected chi connectivity index (χ2v) is 7.78. The number of nitrogens with zero attached hydrogens (tertiary/aromatic N) is 2. The summed E-state index contributed by atoms with van der Waals surface area (Å²) in [7, 11) is -5.54. The van der Waals surface area contributed by atoms with Crippen molar-refractivity contribution in [2.75, 3.05) is 15.7 Å². The van der Waals surface area contributed by atoms with Crippen molar-refractivity contribution in [3.63, 3.8) is 0 Å². The minimum Gasteiger partial charge on any atom is -0.284 e. The summed E-state index contributed by atoms with van der Waals surface area (Å²) in [5, 5.41) is 3.86. The molecule has 0 saturated heterocycles. The summed E-state index contributed by atoms with van der Waals surface area (Å²) in [6.07, 6.45) is 2.48. The molecule has 1 aromatic heterocycles. The van der Waals surface area contributed by atoms with Crippen molar-refractivity contribution >= 4 is 31.6 Å². The molecule has 1 heterocycles. The van der Waals surface area contributed by atoms with Gasteiger partial charge >= 0.3 is 0 Å². The summed E-state index contributed by atoms with van der Waals surface area (Å²) in [6, 6.07) is 6.90. The molecule has 0 aliphatic heterocycles. The zero-order valence-corrected chi connectivity index (χ0v) is 12.9. The number of nitrogens with one attached hydrogen (secondary N) is 2. The first-order chi connectivity index (χ1) is 9.67. The van der Waals surface area contributed by atoms with Crippen molar-refractivity contribution in [2.45, 2.75) is 4.90 Å². The number of anilines is 2. The average Bonchev–Trinajstić information content (AvgIpc) is 2.73. The fraction of sp³-hybridized carbons (Fsp3) is 0.182. The highest BCUT2D eigenvalue weighted by Gasteiger charge is 2.16. The molecule has 0 fully saturated rings. The Labute approximate surface area is 122 Å². The minimum atomic E-state index is -3.75. The second kappa shape index (κ2) is 5.37. The van der Waals surface area contributed by atoms with Gasteiger partial charge in [-0.15, -0.1) is 0 Å². The van der Waals surface area contributed by atoms with Crippen molar-refractivity contribution in [3.05, 3.63) is 36.5 Å². The van der Waals surface area contributed by atoms with E-state index >= 15 is 0 Å². The van der Waals surface area contributed by atoms with E-state index in [1.165, 1.54) is 41.2 Å². The van der Waals surface area contributed by atoms with E-state index < -0.39 is 20.0 Å². The Morgan fingerprint density at radius 1 is 1.00 bits per heavy atom. The normalized spacial score (nSPS) is 12.1. The first-order valence-corrected chi connectivity index (χ1v) is 9.13. The van der Waals surface area contributed by atoms with E-state index in [-0.39, 0.29) is 10.6 Å². The fourth-order valence-corrected chi connectivity index (χ4v) is 3.24. The number of aromatic nitrogens is 2. The molecule has 0 saturated carbocycles. The van der Waals surface area contributed by atoms with Crippen LogP contribution in [-0.4, -0.2) is 32.9 Å². The van der Waals surface area contributed by atoms with Crippen molar-refractivity contribution in [3.8, 4) is 0 Å². The molecule has 0 aliphatic rings. The maximum absolute atomic E-state index is 12.2. The fourth-order valence-electron chi connectivity index (χ4n) is 1.59. The SMILES string of the molecule is Cn1nccc1NS(=O)(=O)c1ccc(NS(C)(=O)=O)cc1. The van der Waals surface area contributed by atoms with E-state index in [0.717, 1.165) is 6.26 Å². The van der Waals surface area contributed by atoms with Gasteiger partial charge in [-0.3, -0.25) is 14.1 Å². The zero-order chi connectivity index (χ0) is 15.7. The molecule has 0 amide bonds. The van der Waals surface area contributed by atoms with Gasteiger partial charge in [0, 0.05) is 18.8 Å². The molecule has 0 unspecified atom stereocenters. The lowest BCUT2D eigenvalue weighted by atomic mass is 10.3. The molecule has 0 spiro atoms. The summed E-state index contributed by atoms with van der Waals surface area (Å²) in [4.78, 5) is 0.0164. The smallest absolute Gasteiger partial charge is 0.263 e. The van der Waals surface area contributed by atoms with Crippen molar-refractivity contribution < 1.29 is 16.8 Å². The van der Waals surface area contributed by atoms with E-state index in [9.17, 15) is 16.8 Å². The number of sulfonamides is 2. The number of hydrogen-bond donors (Lipinski definition) is 2. The lowest BCUT2D eigenvalue weighted by molar-refractivity contribution is 0.600. The second-order valence-electron chi connectivity index (χ2n) is 4.34.